The minimum Gasteiger partial charge on any atom is -0.450 e. The Morgan fingerprint density at radius 3 is 1.97 bits per heavy atom. The molecule has 7 heteroatoms. The number of nitrogens with zero attached hydrogens (tertiary/aromatic N) is 1. The molecule has 3 aromatic carbocycles. The zero-order valence-electron chi connectivity index (χ0n) is 19.6. The number of amides is 2. The Morgan fingerprint density at radius 2 is 1.38 bits per heavy atom. The molecule has 7 nitrogen and oxygen atoms in total. The number of nitrogens with one attached hydrogen (secondary N) is 2. The van der Waals surface area contributed by atoms with Crippen molar-refractivity contribution >= 4 is 29.2 Å². The molecule has 2 N–H and O–H groups in total. The van der Waals surface area contributed by atoms with Gasteiger partial charge < -0.3 is 14.4 Å². The highest BCUT2D eigenvalue weighted by molar-refractivity contribution is 5.93. The molecular formula is C27H29N3O4. The van der Waals surface area contributed by atoms with Crippen molar-refractivity contribution in [2.45, 2.75) is 26.8 Å². The minimum atomic E-state index is -0.476. The number of anilines is 3. The smallest absolute Gasteiger partial charge is 0.411 e. The van der Waals surface area contributed by atoms with Crippen LogP contribution in [0.4, 0.5) is 26.7 Å². The Bertz CT molecular complexity index is 1180. The SMILES string of the molecule is CCOC(=O)Nc1ccc2c(c1)C(c1ccccc1)N(CC)c1cc(NC(=O)OCC)ccc1-2. The van der Waals surface area contributed by atoms with Crippen LogP contribution in [0.5, 0.6) is 0 Å². The van der Waals surface area contributed by atoms with Crippen molar-refractivity contribution in [1.82, 2.24) is 0 Å². The first-order chi connectivity index (χ1) is 16.5. The fourth-order valence-corrected chi connectivity index (χ4v) is 4.41. The molecule has 1 heterocycles. The van der Waals surface area contributed by atoms with Gasteiger partial charge >= 0.3 is 12.2 Å². The topological polar surface area (TPSA) is 79.9 Å². The summed E-state index contributed by atoms with van der Waals surface area (Å²) in [5, 5.41) is 5.63. The number of fused-ring (bicyclic) bond motifs is 3. The van der Waals surface area contributed by atoms with Gasteiger partial charge in [0.15, 0.2) is 0 Å². The first-order valence-corrected chi connectivity index (χ1v) is 11.5. The molecule has 0 spiro atoms. The van der Waals surface area contributed by atoms with Gasteiger partial charge in [0.25, 0.3) is 0 Å². The molecule has 1 atom stereocenters. The Morgan fingerprint density at radius 1 is 0.794 bits per heavy atom. The second kappa shape index (κ2) is 10.3. The molecule has 0 bridgehead atoms. The van der Waals surface area contributed by atoms with Crippen LogP contribution in [-0.2, 0) is 9.47 Å². The van der Waals surface area contributed by atoms with Crippen LogP contribution >= 0.6 is 0 Å². The number of rotatable bonds is 6. The van der Waals surface area contributed by atoms with E-state index in [0.717, 1.165) is 34.5 Å². The van der Waals surface area contributed by atoms with E-state index in [1.165, 1.54) is 0 Å². The molecule has 34 heavy (non-hydrogen) atoms. The summed E-state index contributed by atoms with van der Waals surface area (Å²) in [6.07, 6.45) is -0.951. The standard InChI is InChI=1S/C27H29N3O4/c1-4-30-24-17-20(29-27(32)34-6-3)13-15-22(24)21-14-12-19(28-26(31)33-5-2)16-23(21)25(30)18-10-8-7-9-11-18/h7-17,25H,4-6H2,1-3H3,(H,28,31)(H,29,32). The largest absolute Gasteiger partial charge is 0.450 e. The first kappa shape index (κ1) is 23.2. The summed E-state index contributed by atoms with van der Waals surface area (Å²) in [4.78, 5) is 26.3. The van der Waals surface area contributed by atoms with E-state index >= 15 is 0 Å². The van der Waals surface area contributed by atoms with Crippen LogP contribution in [-0.4, -0.2) is 31.9 Å². The predicted octanol–water partition coefficient (Wildman–Crippen LogP) is 6.42. The average molecular weight is 460 g/mol. The Balaban J connectivity index is 1.83. The Hall–Kier alpha value is -4.00. The van der Waals surface area contributed by atoms with E-state index in [1.807, 2.05) is 54.6 Å². The molecule has 2 amide bonds. The molecule has 1 unspecified atom stereocenters. The summed E-state index contributed by atoms with van der Waals surface area (Å²) in [7, 11) is 0. The summed E-state index contributed by atoms with van der Waals surface area (Å²) in [6.45, 7) is 7.02. The van der Waals surface area contributed by atoms with Gasteiger partial charge in [-0.3, -0.25) is 10.6 Å². The quantitative estimate of drug-likeness (QED) is 0.445. The van der Waals surface area contributed by atoms with E-state index in [2.05, 4.69) is 34.6 Å². The van der Waals surface area contributed by atoms with E-state index in [9.17, 15) is 9.59 Å². The lowest BCUT2D eigenvalue weighted by molar-refractivity contribution is 0.167. The maximum absolute atomic E-state index is 12.0. The van der Waals surface area contributed by atoms with Crippen molar-refractivity contribution in [3.05, 3.63) is 77.9 Å². The molecule has 1 aliphatic rings. The van der Waals surface area contributed by atoms with Crippen LogP contribution in [0.25, 0.3) is 11.1 Å². The summed E-state index contributed by atoms with van der Waals surface area (Å²) in [6, 6.07) is 22.0. The van der Waals surface area contributed by atoms with Crippen LogP contribution in [0, 0.1) is 0 Å². The van der Waals surface area contributed by atoms with Crippen molar-refractivity contribution in [2.75, 3.05) is 35.3 Å². The maximum Gasteiger partial charge on any atom is 0.411 e. The predicted molar refractivity (Wildman–Crippen MR) is 134 cm³/mol. The maximum atomic E-state index is 12.0. The fraction of sp³-hybridized carbons (Fsp3) is 0.259. The highest BCUT2D eigenvalue weighted by Gasteiger charge is 2.32. The monoisotopic (exact) mass is 459 g/mol. The second-order valence-corrected chi connectivity index (χ2v) is 7.82. The number of carbonyl (C=O) groups is 2. The van der Waals surface area contributed by atoms with E-state index in [0.29, 0.717) is 24.6 Å². The van der Waals surface area contributed by atoms with Gasteiger partial charge in [-0.1, -0.05) is 42.5 Å². The summed E-state index contributed by atoms with van der Waals surface area (Å²) >= 11 is 0. The van der Waals surface area contributed by atoms with Gasteiger partial charge in [-0.25, -0.2) is 9.59 Å². The van der Waals surface area contributed by atoms with Gasteiger partial charge in [0.2, 0.25) is 0 Å². The van der Waals surface area contributed by atoms with E-state index in [-0.39, 0.29) is 6.04 Å². The molecule has 0 aliphatic carbocycles. The number of hydrogen-bond donors (Lipinski definition) is 2. The molecule has 0 fully saturated rings. The fourth-order valence-electron chi connectivity index (χ4n) is 4.41. The van der Waals surface area contributed by atoms with Crippen molar-refractivity contribution in [3.63, 3.8) is 0 Å². The van der Waals surface area contributed by atoms with Gasteiger partial charge in [-0.15, -0.1) is 0 Å². The van der Waals surface area contributed by atoms with Gasteiger partial charge in [0, 0.05) is 29.2 Å². The summed E-state index contributed by atoms with van der Waals surface area (Å²) in [5.74, 6) is 0. The number of hydrogen-bond acceptors (Lipinski definition) is 5. The minimum absolute atomic E-state index is 0.0736. The van der Waals surface area contributed by atoms with Gasteiger partial charge in [0.1, 0.15) is 0 Å². The van der Waals surface area contributed by atoms with Crippen LogP contribution < -0.4 is 15.5 Å². The summed E-state index contributed by atoms with van der Waals surface area (Å²) < 4.78 is 10.1. The van der Waals surface area contributed by atoms with Crippen LogP contribution in [0.15, 0.2) is 66.7 Å². The van der Waals surface area contributed by atoms with Crippen molar-refractivity contribution < 1.29 is 19.1 Å². The molecule has 0 saturated carbocycles. The molecule has 0 radical (unpaired) electrons. The van der Waals surface area contributed by atoms with E-state index in [1.54, 1.807) is 13.8 Å². The molecule has 1 aliphatic heterocycles. The van der Waals surface area contributed by atoms with Crippen LogP contribution in [0.1, 0.15) is 37.9 Å². The van der Waals surface area contributed by atoms with E-state index in [4.69, 9.17) is 9.47 Å². The first-order valence-electron chi connectivity index (χ1n) is 11.5. The molecule has 4 rings (SSSR count). The van der Waals surface area contributed by atoms with Gasteiger partial charge in [0.05, 0.1) is 19.3 Å². The number of ether oxygens (including phenoxy) is 2. The lowest BCUT2D eigenvalue weighted by Gasteiger charge is -2.40. The third kappa shape index (κ3) is 4.69. The normalized spacial score (nSPS) is 14.0. The zero-order valence-corrected chi connectivity index (χ0v) is 19.6. The summed E-state index contributed by atoms with van der Waals surface area (Å²) in [5.41, 5.74) is 6.72. The van der Waals surface area contributed by atoms with Crippen molar-refractivity contribution in [2.24, 2.45) is 0 Å². The second-order valence-electron chi connectivity index (χ2n) is 7.82. The highest BCUT2D eigenvalue weighted by atomic mass is 16.6. The third-order valence-corrected chi connectivity index (χ3v) is 5.75. The number of carbonyl (C=O) groups excluding carboxylic acids is 2. The van der Waals surface area contributed by atoms with Gasteiger partial charge in [-0.05, 0) is 61.7 Å². The van der Waals surface area contributed by atoms with Crippen molar-refractivity contribution in [1.29, 1.82) is 0 Å². The van der Waals surface area contributed by atoms with Crippen LogP contribution in [0.3, 0.4) is 0 Å². The number of benzene rings is 3. The van der Waals surface area contributed by atoms with Gasteiger partial charge in [-0.2, -0.15) is 0 Å². The third-order valence-electron chi connectivity index (χ3n) is 5.75. The highest BCUT2D eigenvalue weighted by Crippen LogP contribution is 2.48. The van der Waals surface area contributed by atoms with Crippen molar-refractivity contribution in [3.8, 4) is 11.1 Å². The molecule has 3 aromatic rings. The molecule has 0 saturated heterocycles. The molecular weight excluding hydrogens is 430 g/mol. The Labute approximate surface area is 199 Å². The van der Waals surface area contributed by atoms with Crippen LogP contribution in [0.2, 0.25) is 0 Å². The lowest BCUT2D eigenvalue weighted by Crippen LogP contribution is -2.33. The zero-order chi connectivity index (χ0) is 24.1. The Kier molecular flexibility index (Phi) is 7.01. The van der Waals surface area contributed by atoms with E-state index < -0.39 is 12.2 Å². The lowest BCUT2D eigenvalue weighted by atomic mass is 9.84. The molecule has 176 valence electrons. The molecule has 0 aromatic heterocycles. The average Bonchev–Trinajstić information content (AvgIpc) is 2.83.